The Bertz CT molecular complexity index is 700. The van der Waals surface area contributed by atoms with E-state index in [0.29, 0.717) is 23.7 Å². The van der Waals surface area contributed by atoms with Gasteiger partial charge in [-0.3, -0.25) is 9.79 Å². The third kappa shape index (κ3) is 5.48. The quantitative estimate of drug-likeness (QED) is 0.426. The second kappa shape index (κ2) is 8.79. The lowest BCUT2D eigenvalue weighted by atomic mass is 10.2. The summed E-state index contributed by atoms with van der Waals surface area (Å²) >= 11 is 5.78. The number of ether oxygens (including phenoxy) is 1. The second-order valence-corrected chi connectivity index (χ2v) is 5.32. The molecule has 7 heteroatoms. The fourth-order valence-electron chi connectivity index (χ4n) is 1.91. The lowest BCUT2D eigenvalue weighted by molar-refractivity contribution is 0.0955. The Labute approximate surface area is 145 Å². The third-order valence-corrected chi connectivity index (χ3v) is 3.40. The van der Waals surface area contributed by atoms with Gasteiger partial charge in [0.2, 0.25) is 0 Å². The normalized spacial score (nSPS) is 11.0. The molecule has 24 heavy (non-hydrogen) atoms. The number of nitrogens with zero attached hydrogens (tertiary/aromatic N) is 1. The Kier molecular flexibility index (Phi) is 6.45. The van der Waals surface area contributed by atoms with Crippen molar-refractivity contribution in [3.63, 3.8) is 0 Å². The highest BCUT2D eigenvalue weighted by molar-refractivity contribution is 6.30. The number of halogens is 1. The molecule has 2 rings (SSSR count). The SMILES string of the molecule is COc1ccc(NC(N)=NCCNC(=O)c2ccc(Cl)cc2)cc1. The van der Waals surface area contributed by atoms with Gasteiger partial charge in [-0.25, -0.2) is 0 Å². The molecular weight excluding hydrogens is 328 g/mol. The van der Waals surface area contributed by atoms with Crippen LogP contribution in [0.25, 0.3) is 0 Å². The average molecular weight is 347 g/mol. The summed E-state index contributed by atoms with van der Waals surface area (Å²) in [6.07, 6.45) is 0. The maximum absolute atomic E-state index is 11.9. The Morgan fingerprint density at radius 2 is 1.83 bits per heavy atom. The van der Waals surface area contributed by atoms with E-state index in [4.69, 9.17) is 22.1 Å². The first-order valence-electron chi connectivity index (χ1n) is 7.33. The van der Waals surface area contributed by atoms with Crippen molar-refractivity contribution in [3.05, 3.63) is 59.1 Å². The molecule has 6 nitrogen and oxygen atoms in total. The largest absolute Gasteiger partial charge is 0.497 e. The van der Waals surface area contributed by atoms with Gasteiger partial charge in [-0.1, -0.05) is 11.6 Å². The van der Waals surface area contributed by atoms with Gasteiger partial charge in [0.1, 0.15) is 5.75 Å². The topological polar surface area (TPSA) is 88.7 Å². The molecule has 0 unspecified atom stereocenters. The molecular formula is C17H19ClN4O2. The van der Waals surface area contributed by atoms with Crippen LogP contribution in [0.15, 0.2) is 53.5 Å². The summed E-state index contributed by atoms with van der Waals surface area (Å²) in [5.41, 5.74) is 7.16. The number of methoxy groups -OCH3 is 1. The first kappa shape index (κ1) is 17.6. The number of aliphatic imine (C=N–C) groups is 1. The van der Waals surface area contributed by atoms with Crippen molar-refractivity contribution in [2.24, 2.45) is 10.7 Å². The molecule has 0 fully saturated rings. The fourth-order valence-corrected chi connectivity index (χ4v) is 2.04. The van der Waals surface area contributed by atoms with Crippen molar-refractivity contribution in [1.82, 2.24) is 5.32 Å². The lowest BCUT2D eigenvalue weighted by Gasteiger charge is -2.07. The van der Waals surface area contributed by atoms with Crippen LogP contribution in [0.2, 0.25) is 5.02 Å². The van der Waals surface area contributed by atoms with E-state index in [1.165, 1.54) is 0 Å². The van der Waals surface area contributed by atoms with Gasteiger partial charge < -0.3 is 21.1 Å². The summed E-state index contributed by atoms with van der Waals surface area (Å²) in [6.45, 7) is 0.751. The molecule has 0 radical (unpaired) electrons. The monoisotopic (exact) mass is 346 g/mol. The van der Waals surface area contributed by atoms with Crippen molar-refractivity contribution < 1.29 is 9.53 Å². The molecule has 0 heterocycles. The van der Waals surface area contributed by atoms with Crippen molar-refractivity contribution in [3.8, 4) is 5.75 Å². The summed E-state index contributed by atoms with van der Waals surface area (Å²) in [4.78, 5) is 16.0. The van der Waals surface area contributed by atoms with Crippen molar-refractivity contribution in [2.45, 2.75) is 0 Å². The van der Waals surface area contributed by atoms with Crippen LogP contribution in [0.3, 0.4) is 0 Å². The maximum Gasteiger partial charge on any atom is 0.251 e. The van der Waals surface area contributed by atoms with Gasteiger partial charge in [0.15, 0.2) is 5.96 Å². The number of nitrogens with two attached hydrogens (primary N) is 1. The van der Waals surface area contributed by atoms with E-state index in [0.717, 1.165) is 11.4 Å². The van der Waals surface area contributed by atoms with Crippen LogP contribution in [-0.4, -0.2) is 32.1 Å². The first-order valence-corrected chi connectivity index (χ1v) is 7.71. The standard InChI is InChI=1S/C17H19ClN4O2/c1-24-15-8-6-14(7-9-15)22-17(19)21-11-10-20-16(23)12-2-4-13(18)5-3-12/h2-9H,10-11H2,1H3,(H,20,23)(H3,19,21,22). The summed E-state index contributed by atoms with van der Waals surface area (Å²) in [7, 11) is 1.61. The number of nitrogens with one attached hydrogen (secondary N) is 2. The van der Waals surface area contributed by atoms with E-state index in [1.54, 1.807) is 31.4 Å². The van der Waals surface area contributed by atoms with Gasteiger partial charge in [-0.05, 0) is 48.5 Å². The number of rotatable bonds is 6. The van der Waals surface area contributed by atoms with E-state index in [1.807, 2.05) is 24.3 Å². The smallest absolute Gasteiger partial charge is 0.251 e. The number of hydrogen-bond donors (Lipinski definition) is 3. The van der Waals surface area contributed by atoms with Crippen LogP contribution >= 0.6 is 11.6 Å². The van der Waals surface area contributed by atoms with E-state index in [9.17, 15) is 4.79 Å². The Balaban J connectivity index is 1.76. The van der Waals surface area contributed by atoms with Gasteiger partial charge in [0.25, 0.3) is 5.91 Å². The minimum Gasteiger partial charge on any atom is -0.497 e. The number of amides is 1. The summed E-state index contributed by atoms with van der Waals surface area (Å²) in [5, 5.41) is 6.32. The Hall–Kier alpha value is -2.73. The second-order valence-electron chi connectivity index (χ2n) is 4.88. The summed E-state index contributed by atoms with van der Waals surface area (Å²) in [5.74, 6) is 0.866. The van der Waals surface area contributed by atoms with Crippen LogP contribution in [0.5, 0.6) is 5.75 Å². The molecule has 2 aromatic rings. The highest BCUT2D eigenvalue weighted by Gasteiger charge is 2.03. The van der Waals surface area contributed by atoms with E-state index in [-0.39, 0.29) is 11.9 Å². The first-order chi connectivity index (χ1) is 11.6. The number of hydrogen-bond acceptors (Lipinski definition) is 3. The fraction of sp³-hybridized carbons (Fsp3) is 0.176. The summed E-state index contributed by atoms with van der Waals surface area (Å²) in [6, 6.07) is 14.0. The lowest BCUT2D eigenvalue weighted by Crippen LogP contribution is -2.28. The van der Waals surface area contributed by atoms with Crippen LogP contribution in [0.4, 0.5) is 5.69 Å². The minimum absolute atomic E-state index is 0.177. The van der Waals surface area contributed by atoms with Crippen LogP contribution < -0.4 is 21.1 Å². The molecule has 0 saturated carbocycles. The molecule has 0 aliphatic heterocycles. The number of benzene rings is 2. The molecule has 126 valence electrons. The molecule has 0 aliphatic rings. The predicted octanol–water partition coefficient (Wildman–Crippen LogP) is 2.51. The van der Waals surface area contributed by atoms with E-state index in [2.05, 4.69) is 15.6 Å². The molecule has 1 amide bonds. The zero-order valence-electron chi connectivity index (χ0n) is 13.3. The van der Waals surface area contributed by atoms with Crippen LogP contribution in [-0.2, 0) is 0 Å². The predicted molar refractivity (Wildman–Crippen MR) is 96.9 cm³/mol. The van der Waals surface area contributed by atoms with Crippen molar-refractivity contribution in [2.75, 3.05) is 25.5 Å². The third-order valence-electron chi connectivity index (χ3n) is 3.15. The molecule has 0 atom stereocenters. The van der Waals surface area contributed by atoms with Gasteiger partial charge in [-0.15, -0.1) is 0 Å². The highest BCUT2D eigenvalue weighted by Crippen LogP contribution is 2.14. The van der Waals surface area contributed by atoms with Gasteiger partial charge in [-0.2, -0.15) is 0 Å². The number of guanidine groups is 1. The molecule has 0 saturated heterocycles. The minimum atomic E-state index is -0.177. The van der Waals surface area contributed by atoms with Gasteiger partial charge in [0, 0.05) is 22.8 Å². The zero-order chi connectivity index (χ0) is 17.4. The van der Waals surface area contributed by atoms with Gasteiger partial charge in [0.05, 0.1) is 13.7 Å². The van der Waals surface area contributed by atoms with Crippen molar-refractivity contribution >= 4 is 29.2 Å². The van der Waals surface area contributed by atoms with Crippen molar-refractivity contribution in [1.29, 1.82) is 0 Å². The number of carbonyl (C=O) groups is 1. The van der Waals surface area contributed by atoms with Gasteiger partial charge >= 0.3 is 0 Å². The summed E-state index contributed by atoms with van der Waals surface area (Å²) < 4.78 is 5.08. The molecule has 0 aliphatic carbocycles. The van der Waals surface area contributed by atoms with Crippen LogP contribution in [0, 0.1) is 0 Å². The highest BCUT2D eigenvalue weighted by atomic mass is 35.5. The zero-order valence-corrected chi connectivity index (χ0v) is 14.0. The maximum atomic E-state index is 11.9. The number of anilines is 1. The Morgan fingerprint density at radius 1 is 1.17 bits per heavy atom. The average Bonchev–Trinajstić information content (AvgIpc) is 2.60. The van der Waals surface area contributed by atoms with E-state index >= 15 is 0 Å². The number of carbonyl (C=O) groups excluding carboxylic acids is 1. The molecule has 0 aromatic heterocycles. The molecule has 4 N–H and O–H groups in total. The van der Waals surface area contributed by atoms with Crippen LogP contribution in [0.1, 0.15) is 10.4 Å². The van der Waals surface area contributed by atoms with E-state index < -0.39 is 0 Å². The molecule has 0 bridgehead atoms. The molecule has 2 aromatic carbocycles. The molecule has 0 spiro atoms. The Morgan fingerprint density at radius 3 is 2.46 bits per heavy atom.